The van der Waals surface area contributed by atoms with Crippen LogP contribution in [0.25, 0.3) is 5.32 Å². The molecule has 0 unspecified atom stereocenters. The van der Waals surface area contributed by atoms with E-state index in [4.69, 9.17) is 9.47 Å². The van der Waals surface area contributed by atoms with Crippen LogP contribution in [0.4, 0.5) is 5.69 Å². The molecule has 164 valence electrons. The van der Waals surface area contributed by atoms with Crippen molar-refractivity contribution in [2.45, 2.75) is 51.9 Å². The summed E-state index contributed by atoms with van der Waals surface area (Å²) in [5.41, 5.74) is 0.558. The molecule has 0 saturated heterocycles. The molecular weight excluding hydrogens is 411 g/mol. The van der Waals surface area contributed by atoms with Gasteiger partial charge in [-0.25, -0.2) is 0 Å². The fourth-order valence-corrected chi connectivity index (χ4v) is 6.55. The molecule has 0 fully saturated rings. The molecule has 1 aromatic rings. The zero-order chi connectivity index (χ0) is 17.8. The van der Waals surface area contributed by atoms with Gasteiger partial charge in [0.05, 0.1) is 36.6 Å². The van der Waals surface area contributed by atoms with Crippen molar-refractivity contribution in [3.8, 4) is 11.5 Å². The number of amides is 1. The summed E-state index contributed by atoms with van der Waals surface area (Å²) < 4.78 is 10.5. The van der Waals surface area contributed by atoms with Gasteiger partial charge in [-0.1, -0.05) is 11.8 Å². The Bertz CT molecular complexity index is 544. The van der Waals surface area contributed by atoms with E-state index in [1.807, 2.05) is 0 Å². The molecule has 0 radical (unpaired) electrons. The Morgan fingerprint density at radius 2 is 1.43 bits per heavy atom. The van der Waals surface area contributed by atoms with Crippen molar-refractivity contribution >= 4 is 19.5 Å². The molecule has 0 heterocycles. The molecule has 1 rings (SSSR count). The van der Waals surface area contributed by atoms with Gasteiger partial charge in [-0.3, -0.25) is 0 Å². The quantitative estimate of drug-likeness (QED) is 0.393. The van der Waals surface area contributed by atoms with Crippen LogP contribution in [0.2, 0.25) is 0 Å². The Balaban J connectivity index is -0.000000353. The second kappa shape index (κ2) is 15.6. The van der Waals surface area contributed by atoms with Gasteiger partial charge in [-0.05, 0) is 47.6 Å². The summed E-state index contributed by atoms with van der Waals surface area (Å²) in [6.07, 6.45) is 0.521. The largest absolute Gasteiger partial charge is 1.00 e. The first-order valence-corrected chi connectivity index (χ1v) is 9.53. The maximum Gasteiger partial charge on any atom is 1.00 e. The third kappa shape index (κ3) is 11.7. The van der Waals surface area contributed by atoms with E-state index in [2.05, 4.69) is 46.9 Å². The molecule has 0 aromatic heterocycles. The first-order chi connectivity index (χ1) is 10.5. The molecule has 0 aliphatic carbocycles. The summed E-state index contributed by atoms with van der Waals surface area (Å²) >= 11 is 0. The van der Waals surface area contributed by atoms with Crippen molar-refractivity contribution in [1.82, 2.24) is 0 Å². The van der Waals surface area contributed by atoms with Crippen LogP contribution in [0.1, 0.15) is 41.5 Å². The number of ether oxygens (including phenoxy) is 2. The van der Waals surface area contributed by atoms with E-state index in [-0.39, 0.29) is 73.9 Å². The van der Waals surface area contributed by atoms with E-state index in [1.54, 1.807) is 32.4 Å². The molecular formula is C21H39LiNNiO3P-2. The van der Waals surface area contributed by atoms with Crippen molar-refractivity contribution in [3.05, 3.63) is 45.8 Å². The van der Waals surface area contributed by atoms with Crippen molar-refractivity contribution in [1.29, 1.82) is 0 Å². The molecule has 0 saturated carbocycles. The summed E-state index contributed by atoms with van der Waals surface area (Å²) in [7, 11) is 2.23. The fourth-order valence-electron chi connectivity index (χ4n) is 2.86. The van der Waals surface area contributed by atoms with Gasteiger partial charge in [0.15, 0.2) is 0 Å². The van der Waals surface area contributed by atoms with Gasteiger partial charge in [0.25, 0.3) is 0 Å². The van der Waals surface area contributed by atoms with Gasteiger partial charge >= 0.3 is 18.9 Å². The van der Waals surface area contributed by atoms with Crippen molar-refractivity contribution in [3.63, 3.8) is 0 Å². The van der Waals surface area contributed by atoms with Gasteiger partial charge in [-0.2, -0.15) is 0 Å². The summed E-state index contributed by atoms with van der Waals surface area (Å²) in [6.45, 7) is 13.3. The number of nitrogens with zero attached hydrogens (tertiary/aromatic N) is 1. The molecule has 4 nitrogen and oxygen atoms in total. The van der Waals surface area contributed by atoms with E-state index in [0.29, 0.717) is 23.3 Å². The normalized spacial score (nSPS) is 10.0. The van der Waals surface area contributed by atoms with Gasteiger partial charge < -0.3 is 41.9 Å². The molecule has 28 heavy (non-hydrogen) atoms. The third-order valence-corrected chi connectivity index (χ3v) is 8.05. The Labute approximate surface area is 198 Å². The summed E-state index contributed by atoms with van der Waals surface area (Å²) in [5, 5.41) is 4.55. The van der Waals surface area contributed by atoms with E-state index >= 15 is 0 Å². The van der Waals surface area contributed by atoms with Gasteiger partial charge in [0.1, 0.15) is 11.5 Å². The SMILES string of the molecule is COc1ccc([N-]C(=O)C[PH+](C(C)(C)C)C(C)(C)C)c(OC)c1.[CH3-].[CH3-].[CH3-].[Li+].[Ni]. The average Bonchev–Trinajstić information content (AvgIpc) is 2.42. The second-order valence-electron chi connectivity index (χ2n) is 7.70. The van der Waals surface area contributed by atoms with E-state index < -0.39 is 7.92 Å². The van der Waals surface area contributed by atoms with Crippen LogP contribution in [-0.4, -0.2) is 36.6 Å². The number of hydrogen-bond acceptors (Lipinski definition) is 3. The van der Waals surface area contributed by atoms with Gasteiger partial charge in [0.2, 0.25) is 0 Å². The molecule has 1 amide bonds. The van der Waals surface area contributed by atoms with Crippen LogP contribution >= 0.6 is 7.92 Å². The average molecular weight is 450 g/mol. The Hall–Kier alpha value is -0.189. The summed E-state index contributed by atoms with van der Waals surface area (Å²) in [5.74, 6) is 1.16. The molecule has 7 heteroatoms. The number of carbonyl (C=O) groups is 1. The molecule has 0 N–H and O–H groups in total. The van der Waals surface area contributed by atoms with Crippen LogP contribution in [-0.2, 0) is 21.3 Å². The van der Waals surface area contributed by atoms with Crippen molar-refractivity contribution in [2.24, 2.45) is 0 Å². The monoisotopic (exact) mass is 449 g/mol. The Kier molecular flexibility index (Phi) is 21.4. The number of carbonyl (C=O) groups excluding carboxylic acids is 1. The zero-order valence-electron chi connectivity index (χ0n) is 19.9. The molecule has 1 aromatic carbocycles. The smallest absolute Gasteiger partial charge is 0.621 e. The van der Waals surface area contributed by atoms with E-state index in [0.717, 1.165) is 0 Å². The van der Waals surface area contributed by atoms with Crippen LogP contribution in [0.5, 0.6) is 11.5 Å². The first-order valence-electron chi connectivity index (χ1n) is 7.82. The minimum atomic E-state index is -0.935. The molecule has 0 spiro atoms. The van der Waals surface area contributed by atoms with Crippen LogP contribution in [0, 0.1) is 22.3 Å². The first kappa shape index (κ1) is 38.4. The summed E-state index contributed by atoms with van der Waals surface area (Å²) in [4.78, 5) is 12.5. The van der Waals surface area contributed by atoms with Gasteiger partial charge in [-0.15, -0.1) is 0 Å². The van der Waals surface area contributed by atoms with Crippen LogP contribution in [0.3, 0.4) is 0 Å². The predicted molar refractivity (Wildman–Crippen MR) is 120 cm³/mol. The number of hydrogen-bond donors (Lipinski definition) is 0. The Morgan fingerprint density at radius 1 is 0.964 bits per heavy atom. The van der Waals surface area contributed by atoms with Crippen LogP contribution < -0.4 is 28.3 Å². The zero-order valence-corrected chi connectivity index (χ0v) is 21.9. The minimum Gasteiger partial charge on any atom is -0.621 e. The molecule has 0 bridgehead atoms. The van der Waals surface area contributed by atoms with Crippen molar-refractivity contribution in [2.75, 3.05) is 20.4 Å². The second-order valence-corrected chi connectivity index (χ2v) is 12.0. The van der Waals surface area contributed by atoms with Crippen LogP contribution in [0.15, 0.2) is 18.2 Å². The van der Waals surface area contributed by atoms with E-state index in [1.165, 1.54) is 0 Å². The maximum absolute atomic E-state index is 12.5. The fraction of sp³-hybridized carbons (Fsp3) is 0.524. The molecule has 0 atom stereocenters. The Morgan fingerprint density at radius 3 is 1.79 bits per heavy atom. The molecule has 0 aliphatic rings. The predicted octanol–water partition coefficient (Wildman–Crippen LogP) is 3.40. The van der Waals surface area contributed by atoms with E-state index in [9.17, 15) is 4.79 Å². The van der Waals surface area contributed by atoms with Gasteiger partial charge in [0, 0.05) is 30.5 Å². The topological polar surface area (TPSA) is 49.6 Å². The maximum atomic E-state index is 12.5. The number of rotatable bonds is 5. The minimum absolute atomic E-state index is 0. The number of benzene rings is 1. The number of methoxy groups -OCH3 is 2. The standard InChI is InChI=1S/C18H30NO3P.3CH3.Li.Ni/c1-17(2,3)23(18(4,5)6)12-16(20)19-14-10-9-13(21-7)11-15(14)22-8;;;;;/h9-11H,12H2,1-8H3,(H,19,20);3*1H3;;/q;3*-1;+1;. The summed E-state index contributed by atoms with van der Waals surface area (Å²) in [6, 6.07) is 5.29. The third-order valence-electron chi connectivity index (χ3n) is 3.77. The van der Waals surface area contributed by atoms with Crippen molar-refractivity contribution < 1.29 is 49.6 Å². The molecule has 0 aliphatic heterocycles.